The van der Waals surface area contributed by atoms with Crippen molar-refractivity contribution in [2.24, 2.45) is 0 Å². The number of ether oxygens (including phenoxy) is 2. The molecule has 0 radical (unpaired) electrons. The van der Waals surface area contributed by atoms with E-state index in [1.807, 2.05) is 13.8 Å². The first kappa shape index (κ1) is 14.8. The SMILES string of the molecule is CCNC(CSCC1CCCO1)C(=O)OCC. The molecular weight excluding hydrogens is 238 g/mol. The maximum atomic E-state index is 11.6. The zero-order valence-corrected chi connectivity index (χ0v) is 11.6. The molecule has 1 rings (SSSR count). The highest BCUT2D eigenvalue weighted by atomic mass is 32.2. The van der Waals surface area contributed by atoms with Gasteiger partial charge in [-0.15, -0.1) is 0 Å². The number of likely N-dealkylation sites (N-methyl/N-ethyl adjacent to an activating group) is 1. The Bertz CT molecular complexity index is 220. The molecule has 1 aliphatic rings. The Kier molecular flexibility index (Phi) is 7.64. The van der Waals surface area contributed by atoms with E-state index in [0.29, 0.717) is 12.7 Å². The maximum Gasteiger partial charge on any atom is 0.323 e. The topological polar surface area (TPSA) is 47.6 Å². The third kappa shape index (κ3) is 5.75. The molecule has 5 heteroatoms. The molecule has 1 saturated heterocycles. The van der Waals surface area contributed by atoms with Crippen LogP contribution in [-0.4, -0.2) is 49.4 Å². The van der Waals surface area contributed by atoms with Crippen LogP contribution in [0.5, 0.6) is 0 Å². The predicted molar refractivity (Wildman–Crippen MR) is 70.4 cm³/mol. The summed E-state index contributed by atoms with van der Waals surface area (Å²) < 4.78 is 10.6. The summed E-state index contributed by atoms with van der Waals surface area (Å²) in [5.74, 6) is 1.59. The number of carbonyl (C=O) groups is 1. The molecule has 0 bridgehead atoms. The van der Waals surface area contributed by atoms with Crippen molar-refractivity contribution in [2.45, 2.75) is 38.8 Å². The van der Waals surface area contributed by atoms with Gasteiger partial charge in [0.15, 0.2) is 0 Å². The fourth-order valence-corrected chi connectivity index (χ4v) is 2.94. The van der Waals surface area contributed by atoms with Crippen LogP contribution in [0.1, 0.15) is 26.7 Å². The molecule has 1 heterocycles. The van der Waals surface area contributed by atoms with Crippen molar-refractivity contribution in [1.82, 2.24) is 5.32 Å². The van der Waals surface area contributed by atoms with E-state index in [-0.39, 0.29) is 12.0 Å². The minimum atomic E-state index is -0.189. The van der Waals surface area contributed by atoms with Gasteiger partial charge < -0.3 is 14.8 Å². The molecule has 1 fully saturated rings. The third-order valence-corrected chi connectivity index (χ3v) is 3.81. The van der Waals surface area contributed by atoms with Crippen molar-refractivity contribution in [3.05, 3.63) is 0 Å². The number of esters is 1. The quantitative estimate of drug-likeness (QED) is 0.670. The van der Waals surface area contributed by atoms with Crippen LogP contribution in [0.15, 0.2) is 0 Å². The van der Waals surface area contributed by atoms with E-state index in [2.05, 4.69) is 5.32 Å². The molecular formula is C12H23NO3S. The first-order valence-corrected chi connectivity index (χ1v) is 7.52. The van der Waals surface area contributed by atoms with Gasteiger partial charge >= 0.3 is 5.97 Å². The third-order valence-electron chi connectivity index (χ3n) is 2.63. The second-order valence-corrected chi connectivity index (χ2v) is 5.11. The lowest BCUT2D eigenvalue weighted by Crippen LogP contribution is -2.40. The zero-order chi connectivity index (χ0) is 12.5. The van der Waals surface area contributed by atoms with Gasteiger partial charge in [0, 0.05) is 18.1 Å². The standard InChI is InChI=1S/C12H23NO3S/c1-3-13-11(12(14)15-4-2)9-17-8-10-6-5-7-16-10/h10-11,13H,3-9H2,1-2H3. The number of thioether (sulfide) groups is 1. The minimum absolute atomic E-state index is 0.144. The fraction of sp³-hybridized carbons (Fsp3) is 0.917. The summed E-state index contributed by atoms with van der Waals surface area (Å²) in [5.41, 5.74) is 0. The lowest BCUT2D eigenvalue weighted by molar-refractivity contribution is -0.144. The molecule has 1 aliphatic heterocycles. The monoisotopic (exact) mass is 261 g/mol. The van der Waals surface area contributed by atoms with Crippen LogP contribution < -0.4 is 5.32 Å². The average molecular weight is 261 g/mol. The zero-order valence-electron chi connectivity index (χ0n) is 10.7. The van der Waals surface area contributed by atoms with Crippen molar-refractivity contribution < 1.29 is 14.3 Å². The Balaban J connectivity index is 2.20. The van der Waals surface area contributed by atoms with Gasteiger partial charge in [-0.3, -0.25) is 4.79 Å². The lowest BCUT2D eigenvalue weighted by Gasteiger charge is -2.16. The van der Waals surface area contributed by atoms with Crippen molar-refractivity contribution in [3.63, 3.8) is 0 Å². The molecule has 0 aliphatic carbocycles. The summed E-state index contributed by atoms with van der Waals surface area (Å²) in [7, 11) is 0. The highest BCUT2D eigenvalue weighted by molar-refractivity contribution is 7.99. The van der Waals surface area contributed by atoms with Crippen LogP contribution in [0, 0.1) is 0 Å². The molecule has 100 valence electrons. The summed E-state index contributed by atoms with van der Waals surface area (Å²) in [6, 6.07) is -0.189. The molecule has 0 aromatic rings. The van der Waals surface area contributed by atoms with Crippen molar-refractivity contribution in [1.29, 1.82) is 0 Å². The van der Waals surface area contributed by atoms with Crippen LogP contribution in [-0.2, 0) is 14.3 Å². The largest absolute Gasteiger partial charge is 0.465 e. The number of hydrogen-bond donors (Lipinski definition) is 1. The Morgan fingerprint density at radius 3 is 3.00 bits per heavy atom. The molecule has 1 N–H and O–H groups in total. The van der Waals surface area contributed by atoms with E-state index in [9.17, 15) is 4.79 Å². The first-order chi connectivity index (χ1) is 8.27. The summed E-state index contributed by atoms with van der Waals surface area (Å²) in [6.45, 7) is 5.94. The number of rotatable bonds is 8. The highest BCUT2D eigenvalue weighted by Gasteiger charge is 2.20. The van der Waals surface area contributed by atoms with E-state index < -0.39 is 0 Å². The van der Waals surface area contributed by atoms with E-state index in [4.69, 9.17) is 9.47 Å². The van der Waals surface area contributed by atoms with E-state index in [1.54, 1.807) is 11.8 Å². The minimum Gasteiger partial charge on any atom is -0.465 e. The number of nitrogens with one attached hydrogen (secondary N) is 1. The van der Waals surface area contributed by atoms with Gasteiger partial charge in [-0.2, -0.15) is 11.8 Å². The van der Waals surface area contributed by atoms with Gasteiger partial charge in [0.05, 0.1) is 12.7 Å². The normalized spacial score (nSPS) is 21.4. The van der Waals surface area contributed by atoms with Gasteiger partial charge in [0.1, 0.15) is 6.04 Å². The van der Waals surface area contributed by atoms with Gasteiger partial charge in [-0.1, -0.05) is 6.92 Å². The molecule has 0 spiro atoms. The predicted octanol–water partition coefficient (Wildman–Crippen LogP) is 1.44. The Morgan fingerprint density at radius 1 is 1.59 bits per heavy atom. The lowest BCUT2D eigenvalue weighted by atomic mass is 10.3. The fourth-order valence-electron chi connectivity index (χ4n) is 1.79. The average Bonchev–Trinajstić information content (AvgIpc) is 2.81. The number of hydrogen-bond acceptors (Lipinski definition) is 5. The van der Waals surface area contributed by atoms with Crippen molar-refractivity contribution in [3.8, 4) is 0 Å². The van der Waals surface area contributed by atoms with Crippen LogP contribution in [0.3, 0.4) is 0 Å². The van der Waals surface area contributed by atoms with Gasteiger partial charge in [0.25, 0.3) is 0 Å². The highest BCUT2D eigenvalue weighted by Crippen LogP contribution is 2.17. The van der Waals surface area contributed by atoms with E-state index in [1.165, 1.54) is 6.42 Å². The van der Waals surface area contributed by atoms with Crippen LogP contribution >= 0.6 is 11.8 Å². The molecule has 17 heavy (non-hydrogen) atoms. The second kappa shape index (κ2) is 8.78. The van der Waals surface area contributed by atoms with E-state index in [0.717, 1.165) is 31.1 Å². The maximum absolute atomic E-state index is 11.6. The van der Waals surface area contributed by atoms with Gasteiger partial charge in [-0.25, -0.2) is 0 Å². The molecule has 2 unspecified atom stereocenters. The molecule has 0 amide bonds. The van der Waals surface area contributed by atoms with E-state index >= 15 is 0 Å². The summed E-state index contributed by atoms with van der Waals surface area (Å²) in [5, 5.41) is 3.16. The van der Waals surface area contributed by atoms with Crippen molar-refractivity contribution >= 4 is 17.7 Å². The Morgan fingerprint density at radius 2 is 2.41 bits per heavy atom. The summed E-state index contributed by atoms with van der Waals surface area (Å²) in [6.07, 6.45) is 2.70. The first-order valence-electron chi connectivity index (χ1n) is 6.37. The molecule has 0 aromatic carbocycles. The molecule has 2 atom stereocenters. The van der Waals surface area contributed by atoms with Crippen LogP contribution in [0.2, 0.25) is 0 Å². The second-order valence-electron chi connectivity index (χ2n) is 4.03. The molecule has 0 saturated carbocycles. The van der Waals surface area contributed by atoms with Gasteiger partial charge in [0.2, 0.25) is 0 Å². The smallest absolute Gasteiger partial charge is 0.323 e. The Labute approximate surface area is 108 Å². The summed E-state index contributed by atoms with van der Waals surface area (Å²) >= 11 is 1.76. The van der Waals surface area contributed by atoms with Crippen LogP contribution in [0.4, 0.5) is 0 Å². The Hall–Kier alpha value is -0.260. The summed E-state index contributed by atoms with van der Waals surface area (Å²) in [4.78, 5) is 11.6. The molecule has 4 nitrogen and oxygen atoms in total. The van der Waals surface area contributed by atoms with Gasteiger partial charge in [-0.05, 0) is 26.3 Å². The van der Waals surface area contributed by atoms with Crippen molar-refractivity contribution in [2.75, 3.05) is 31.3 Å². The number of carbonyl (C=O) groups excluding carboxylic acids is 1. The molecule has 0 aromatic heterocycles. The van der Waals surface area contributed by atoms with Crippen LogP contribution in [0.25, 0.3) is 0 Å².